The van der Waals surface area contributed by atoms with Crippen LogP contribution in [0.4, 0.5) is 0 Å². The molecule has 2 rings (SSSR count). The number of hydrogen-bond acceptors (Lipinski definition) is 4. The molecule has 1 heterocycles. The van der Waals surface area contributed by atoms with Crippen LogP contribution < -0.4 is 4.74 Å². The van der Waals surface area contributed by atoms with Crippen molar-refractivity contribution in [2.24, 2.45) is 0 Å². The Bertz CT molecular complexity index is 665. The minimum Gasteiger partial charge on any atom is -0.497 e. The molecule has 0 aliphatic carbocycles. The molecule has 1 atom stereocenters. The maximum atomic E-state index is 12.2. The molecule has 5 nitrogen and oxygen atoms in total. The van der Waals surface area contributed by atoms with E-state index < -0.39 is 16.8 Å². The SMILES string of the molecule is COc1ccc(Br)c(CS(=O)c2ccc(C(=O)O)o2)c1. The van der Waals surface area contributed by atoms with E-state index in [4.69, 9.17) is 14.3 Å². The maximum absolute atomic E-state index is 12.2. The summed E-state index contributed by atoms with van der Waals surface area (Å²) in [6.07, 6.45) is 0. The average Bonchev–Trinajstić information content (AvgIpc) is 2.91. The van der Waals surface area contributed by atoms with E-state index in [1.165, 1.54) is 12.1 Å². The summed E-state index contributed by atoms with van der Waals surface area (Å²) in [7, 11) is 0.0851. The molecular weight excluding hydrogens is 348 g/mol. The second-order valence-electron chi connectivity index (χ2n) is 3.87. The van der Waals surface area contributed by atoms with E-state index in [2.05, 4.69) is 15.9 Å². The Balaban J connectivity index is 2.20. The van der Waals surface area contributed by atoms with Gasteiger partial charge in [0.05, 0.1) is 23.7 Å². The standard InChI is InChI=1S/C13H11BrO5S/c1-18-9-2-3-10(14)8(6-9)7-20(17)12-5-4-11(19-12)13(15)16/h2-6H,7H2,1H3,(H,15,16). The van der Waals surface area contributed by atoms with Gasteiger partial charge >= 0.3 is 5.97 Å². The summed E-state index contributed by atoms with van der Waals surface area (Å²) >= 11 is 3.37. The molecule has 0 aliphatic rings. The number of benzene rings is 1. The van der Waals surface area contributed by atoms with Gasteiger partial charge in [-0.2, -0.15) is 0 Å². The van der Waals surface area contributed by atoms with Crippen molar-refractivity contribution in [2.45, 2.75) is 10.8 Å². The molecule has 0 bridgehead atoms. The topological polar surface area (TPSA) is 76.7 Å². The Kier molecular flexibility index (Phi) is 4.61. The number of furan rings is 1. The molecule has 0 spiro atoms. The van der Waals surface area contributed by atoms with E-state index in [9.17, 15) is 9.00 Å². The minimum atomic E-state index is -1.47. The quantitative estimate of drug-likeness (QED) is 0.888. The second kappa shape index (κ2) is 6.23. The summed E-state index contributed by atoms with van der Waals surface area (Å²) in [4.78, 5) is 10.7. The van der Waals surface area contributed by atoms with Crippen molar-refractivity contribution >= 4 is 32.7 Å². The molecule has 0 radical (unpaired) electrons. The molecule has 0 fully saturated rings. The first-order chi connectivity index (χ1) is 9.51. The summed E-state index contributed by atoms with van der Waals surface area (Å²) < 4.78 is 23.1. The molecule has 1 aromatic heterocycles. The van der Waals surface area contributed by atoms with Gasteiger partial charge in [0.1, 0.15) is 5.75 Å². The van der Waals surface area contributed by atoms with E-state index in [0.717, 1.165) is 10.0 Å². The molecule has 0 amide bonds. The summed E-state index contributed by atoms with van der Waals surface area (Å²) in [5, 5.41) is 8.90. The molecule has 2 aromatic rings. The fraction of sp³-hybridized carbons (Fsp3) is 0.154. The van der Waals surface area contributed by atoms with Crippen molar-refractivity contribution in [2.75, 3.05) is 7.11 Å². The van der Waals surface area contributed by atoms with Crippen molar-refractivity contribution in [3.05, 3.63) is 46.1 Å². The molecular formula is C13H11BrO5S. The van der Waals surface area contributed by atoms with Crippen LogP contribution in [0.1, 0.15) is 16.1 Å². The number of carboxylic acid groups (broad SMARTS) is 1. The number of carbonyl (C=O) groups is 1. The first-order valence-electron chi connectivity index (χ1n) is 5.55. The monoisotopic (exact) mass is 358 g/mol. The first kappa shape index (κ1) is 14.8. The van der Waals surface area contributed by atoms with Gasteiger partial charge in [0.15, 0.2) is 5.09 Å². The third kappa shape index (κ3) is 3.29. The molecule has 1 unspecified atom stereocenters. The highest BCUT2D eigenvalue weighted by molar-refractivity contribution is 9.10. The van der Waals surface area contributed by atoms with Crippen molar-refractivity contribution in [3.8, 4) is 5.75 Å². The lowest BCUT2D eigenvalue weighted by Crippen LogP contribution is -1.97. The molecule has 1 aromatic carbocycles. The van der Waals surface area contributed by atoms with Crippen molar-refractivity contribution in [1.82, 2.24) is 0 Å². The number of aromatic carboxylic acids is 1. The minimum absolute atomic E-state index is 0.136. The molecule has 20 heavy (non-hydrogen) atoms. The van der Waals surface area contributed by atoms with Crippen LogP contribution in [0.2, 0.25) is 0 Å². The van der Waals surface area contributed by atoms with Crippen molar-refractivity contribution < 1.29 is 23.3 Å². The number of ether oxygens (including phenoxy) is 1. The molecule has 0 saturated heterocycles. The van der Waals surface area contributed by atoms with E-state index in [-0.39, 0.29) is 16.6 Å². The molecule has 7 heteroatoms. The Morgan fingerprint density at radius 1 is 1.40 bits per heavy atom. The van der Waals surface area contributed by atoms with Gasteiger partial charge in [-0.15, -0.1) is 0 Å². The maximum Gasteiger partial charge on any atom is 0.371 e. The highest BCUT2D eigenvalue weighted by Crippen LogP contribution is 2.25. The average molecular weight is 359 g/mol. The van der Waals surface area contributed by atoms with Crippen LogP contribution in [-0.2, 0) is 16.6 Å². The Morgan fingerprint density at radius 3 is 2.75 bits per heavy atom. The van der Waals surface area contributed by atoms with Gasteiger partial charge in [-0.25, -0.2) is 4.79 Å². The van der Waals surface area contributed by atoms with Crippen LogP contribution in [0.5, 0.6) is 5.75 Å². The number of hydrogen-bond donors (Lipinski definition) is 1. The molecule has 106 valence electrons. The number of methoxy groups -OCH3 is 1. The zero-order chi connectivity index (χ0) is 14.7. The lowest BCUT2D eigenvalue weighted by molar-refractivity contribution is 0.0656. The van der Waals surface area contributed by atoms with Crippen LogP contribution in [0.3, 0.4) is 0 Å². The number of halogens is 1. The van der Waals surface area contributed by atoms with Crippen LogP contribution in [0, 0.1) is 0 Å². The molecule has 0 aliphatic heterocycles. The normalized spacial score (nSPS) is 12.1. The van der Waals surface area contributed by atoms with Crippen molar-refractivity contribution in [3.63, 3.8) is 0 Å². The van der Waals surface area contributed by atoms with E-state index in [1.807, 2.05) is 0 Å². The largest absolute Gasteiger partial charge is 0.497 e. The van der Waals surface area contributed by atoms with Gasteiger partial charge in [-0.3, -0.25) is 4.21 Å². The van der Waals surface area contributed by atoms with Gasteiger partial charge in [-0.05, 0) is 35.9 Å². The van der Waals surface area contributed by atoms with E-state index >= 15 is 0 Å². The summed E-state index contributed by atoms with van der Waals surface area (Å²) in [5.74, 6) is -0.551. The Morgan fingerprint density at radius 2 is 2.15 bits per heavy atom. The fourth-order valence-electron chi connectivity index (χ4n) is 1.56. The van der Waals surface area contributed by atoms with Gasteiger partial charge in [0.25, 0.3) is 0 Å². The smallest absolute Gasteiger partial charge is 0.371 e. The Labute approximate surface area is 126 Å². The Hall–Kier alpha value is -1.60. The highest BCUT2D eigenvalue weighted by Gasteiger charge is 2.15. The lowest BCUT2D eigenvalue weighted by atomic mass is 10.2. The molecule has 1 N–H and O–H groups in total. The van der Waals surface area contributed by atoms with Gasteiger partial charge in [0.2, 0.25) is 5.76 Å². The van der Waals surface area contributed by atoms with Crippen LogP contribution in [0.25, 0.3) is 0 Å². The van der Waals surface area contributed by atoms with Gasteiger partial charge < -0.3 is 14.3 Å². The summed E-state index contributed by atoms with van der Waals surface area (Å²) in [5.41, 5.74) is 0.788. The van der Waals surface area contributed by atoms with Gasteiger partial charge in [-0.1, -0.05) is 15.9 Å². The highest BCUT2D eigenvalue weighted by atomic mass is 79.9. The van der Waals surface area contributed by atoms with Crippen LogP contribution >= 0.6 is 15.9 Å². The van der Waals surface area contributed by atoms with Gasteiger partial charge in [0, 0.05) is 4.47 Å². The number of carboxylic acids is 1. The predicted octanol–water partition coefficient (Wildman–Crippen LogP) is 3.06. The van der Waals surface area contributed by atoms with Crippen LogP contribution in [-0.4, -0.2) is 22.4 Å². The summed E-state index contributed by atoms with van der Waals surface area (Å²) in [6.45, 7) is 0. The molecule has 0 saturated carbocycles. The zero-order valence-corrected chi connectivity index (χ0v) is 12.9. The second-order valence-corrected chi connectivity index (χ2v) is 6.11. The van der Waals surface area contributed by atoms with E-state index in [1.54, 1.807) is 25.3 Å². The fourth-order valence-corrected chi connectivity index (χ4v) is 3.20. The predicted molar refractivity (Wildman–Crippen MR) is 76.5 cm³/mol. The lowest BCUT2D eigenvalue weighted by Gasteiger charge is -2.06. The summed E-state index contributed by atoms with van der Waals surface area (Å²) in [6, 6.07) is 8.05. The first-order valence-corrected chi connectivity index (χ1v) is 7.66. The number of rotatable bonds is 5. The third-order valence-electron chi connectivity index (χ3n) is 2.56. The van der Waals surface area contributed by atoms with E-state index in [0.29, 0.717) is 5.75 Å². The third-order valence-corrected chi connectivity index (χ3v) is 4.57. The van der Waals surface area contributed by atoms with Crippen LogP contribution in [0.15, 0.2) is 44.3 Å². The zero-order valence-electron chi connectivity index (χ0n) is 10.5. The van der Waals surface area contributed by atoms with Crippen molar-refractivity contribution in [1.29, 1.82) is 0 Å².